The highest BCUT2D eigenvalue weighted by molar-refractivity contribution is 5.73. The van der Waals surface area contributed by atoms with Crippen LogP contribution in [0.4, 0.5) is 41.3 Å². The number of nitrogens with two attached hydrogens (primary N) is 1. The van der Waals surface area contributed by atoms with Gasteiger partial charge in [0, 0.05) is 31.3 Å². The molecule has 8 nitrogen and oxygen atoms in total. The number of halogens is 7. The molecule has 0 saturated carbocycles. The van der Waals surface area contributed by atoms with Crippen LogP contribution < -0.4 is 11.1 Å². The number of anilines is 1. The number of hydrogen-bond acceptors (Lipinski definition) is 5. The van der Waals surface area contributed by atoms with Gasteiger partial charge in [-0.15, -0.1) is 0 Å². The van der Waals surface area contributed by atoms with E-state index < -0.39 is 65.1 Å². The molecule has 1 aromatic carbocycles. The zero-order valence-corrected chi connectivity index (χ0v) is 18.9. The lowest BCUT2D eigenvalue weighted by atomic mass is 9.73. The standard InChI is InChI=1S/C22H21F7N6O2/c23-13-5-3-12(4-6-13)20(11-36,16-2-1-7-34(16)19(30)37)10-31-17-8-14(21(24,25)26)32-18-9-15(22(27,28)29)33-35(17)18/h3-6,8-9,16,31,36H,1-2,7,10-11H2,(H2,30,37). The number of urea groups is 1. The number of amides is 2. The Labute approximate surface area is 204 Å². The average Bonchev–Trinajstić information content (AvgIpc) is 3.48. The first-order valence-corrected chi connectivity index (χ1v) is 11.0. The van der Waals surface area contributed by atoms with E-state index >= 15 is 0 Å². The Morgan fingerprint density at radius 2 is 1.73 bits per heavy atom. The Balaban J connectivity index is 1.83. The fourth-order valence-corrected chi connectivity index (χ4v) is 4.68. The molecule has 2 unspecified atom stereocenters. The van der Waals surface area contributed by atoms with Crippen LogP contribution in [0.25, 0.3) is 5.65 Å². The number of primary amides is 1. The molecule has 2 atom stereocenters. The van der Waals surface area contributed by atoms with E-state index in [1.54, 1.807) is 0 Å². The molecular formula is C22H21F7N6O2. The average molecular weight is 534 g/mol. The number of likely N-dealkylation sites (tertiary alicyclic amines) is 1. The predicted octanol–water partition coefficient (Wildman–Crippen LogP) is 3.79. The summed E-state index contributed by atoms with van der Waals surface area (Å²) in [5.41, 5.74) is 0.788. The summed E-state index contributed by atoms with van der Waals surface area (Å²) in [7, 11) is 0. The minimum Gasteiger partial charge on any atom is -0.395 e. The minimum atomic E-state index is -4.99. The van der Waals surface area contributed by atoms with Crippen LogP contribution in [0.5, 0.6) is 0 Å². The second kappa shape index (κ2) is 9.36. The number of benzene rings is 1. The molecule has 1 aliphatic rings. The van der Waals surface area contributed by atoms with Crippen LogP contribution in [0.3, 0.4) is 0 Å². The number of aliphatic hydroxyl groups excluding tert-OH is 1. The highest BCUT2D eigenvalue weighted by Gasteiger charge is 2.47. The molecule has 15 heteroatoms. The van der Waals surface area contributed by atoms with Gasteiger partial charge in [0.15, 0.2) is 17.0 Å². The summed E-state index contributed by atoms with van der Waals surface area (Å²) in [5, 5.41) is 16.6. The van der Waals surface area contributed by atoms with Crippen molar-refractivity contribution in [2.24, 2.45) is 5.73 Å². The Bertz CT molecular complexity index is 1290. The number of hydrogen-bond donors (Lipinski definition) is 3. The van der Waals surface area contributed by atoms with Gasteiger partial charge in [-0.25, -0.2) is 14.2 Å². The number of fused-ring (bicyclic) bond motifs is 1. The van der Waals surface area contributed by atoms with Crippen molar-refractivity contribution in [1.82, 2.24) is 19.5 Å². The Morgan fingerprint density at radius 1 is 1.08 bits per heavy atom. The number of alkyl halides is 6. The first-order valence-electron chi connectivity index (χ1n) is 11.0. The van der Waals surface area contributed by atoms with Crippen LogP contribution >= 0.6 is 0 Å². The lowest BCUT2D eigenvalue weighted by Gasteiger charge is -2.42. The van der Waals surface area contributed by atoms with Gasteiger partial charge in [-0.1, -0.05) is 12.1 Å². The molecule has 1 saturated heterocycles. The first kappa shape index (κ1) is 26.4. The van der Waals surface area contributed by atoms with E-state index in [2.05, 4.69) is 15.4 Å². The molecule has 0 spiro atoms. The van der Waals surface area contributed by atoms with Gasteiger partial charge >= 0.3 is 18.4 Å². The van der Waals surface area contributed by atoms with Gasteiger partial charge in [0.05, 0.1) is 12.0 Å². The summed E-state index contributed by atoms with van der Waals surface area (Å²) in [6, 6.07) is 4.25. The number of carbonyl (C=O) groups is 1. The van der Waals surface area contributed by atoms with Gasteiger partial charge in [0.1, 0.15) is 11.6 Å². The van der Waals surface area contributed by atoms with Crippen molar-refractivity contribution in [2.45, 2.75) is 36.7 Å². The van der Waals surface area contributed by atoms with E-state index in [4.69, 9.17) is 5.73 Å². The van der Waals surface area contributed by atoms with E-state index in [0.717, 1.165) is 12.1 Å². The zero-order chi connectivity index (χ0) is 27.2. The molecule has 37 heavy (non-hydrogen) atoms. The van der Waals surface area contributed by atoms with Gasteiger partial charge in [0.25, 0.3) is 0 Å². The number of rotatable bonds is 6. The monoisotopic (exact) mass is 534 g/mol. The third-order valence-electron chi connectivity index (χ3n) is 6.47. The van der Waals surface area contributed by atoms with Gasteiger partial charge in [-0.05, 0) is 30.5 Å². The highest BCUT2D eigenvalue weighted by Crippen LogP contribution is 2.38. The molecule has 2 aromatic heterocycles. The van der Waals surface area contributed by atoms with Crippen molar-refractivity contribution in [2.75, 3.05) is 25.0 Å². The lowest BCUT2D eigenvalue weighted by molar-refractivity contribution is -0.142. The SMILES string of the molecule is NC(=O)N1CCCC1C(CO)(CNc1cc(C(F)(F)F)nc2cc(C(F)(F)F)nn12)c1ccc(F)cc1. The summed E-state index contributed by atoms with van der Waals surface area (Å²) in [4.78, 5) is 16.6. The third-order valence-corrected chi connectivity index (χ3v) is 6.47. The third kappa shape index (κ3) is 4.99. The Kier molecular flexibility index (Phi) is 6.69. The maximum absolute atomic E-state index is 13.7. The summed E-state index contributed by atoms with van der Waals surface area (Å²) in [5.74, 6) is -1.08. The van der Waals surface area contributed by atoms with E-state index in [9.17, 15) is 40.6 Å². The number of nitrogens with one attached hydrogen (secondary N) is 1. The number of aromatic nitrogens is 3. The van der Waals surface area contributed by atoms with Crippen molar-refractivity contribution in [3.05, 3.63) is 59.2 Å². The number of carbonyl (C=O) groups excluding carboxylic acids is 1. The smallest absolute Gasteiger partial charge is 0.395 e. The fourth-order valence-electron chi connectivity index (χ4n) is 4.68. The molecular weight excluding hydrogens is 513 g/mol. The van der Waals surface area contributed by atoms with Crippen molar-refractivity contribution < 1.29 is 40.6 Å². The zero-order valence-electron chi connectivity index (χ0n) is 18.9. The second-order valence-electron chi connectivity index (χ2n) is 8.69. The van der Waals surface area contributed by atoms with E-state index in [1.165, 1.54) is 17.0 Å². The van der Waals surface area contributed by atoms with Gasteiger partial charge in [-0.3, -0.25) is 0 Å². The lowest BCUT2D eigenvalue weighted by Crippen LogP contribution is -2.56. The topological polar surface area (TPSA) is 109 Å². The molecule has 4 rings (SSSR count). The molecule has 2 amide bonds. The Hall–Kier alpha value is -3.62. The fraction of sp³-hybridized carbons (Fsp3) is 0.409. The van der Waals surface area contributed by atoms with Gasteiger partial charge in [0.2, 0.25) is 0 Å². The van der Waals surface area contributed by atoms with E-state index in [-0.39, 0.29) is 13.1 Å². The first-order chi connectivity index (χ1) is 17.3. The molecule has 0 bridgehead atoms. The summed E-state index contributed by atoms with van der Waals surface area (Å²) < 4.78 is 94.4. The minimum absolute atomic E-state index is 0.245. The predicted molar refractivity (Wildman–Crippen MR) is 116 cm³/mol. The highest BCUT2D eigenvalue weighted by atomic mass is 19.4. The molecule has 3 aromatic rings. The van der Waals surface area contributed by atoms with Crippen molar-refractivity contribution in [3.63, 3.8) is 0 Å². The van der Waals surface area contributed by atoms with Gasteiger partial charge < -0.3 is 21.1 Å². The normalized spacial score (nSPS) is 18.3. The van der Waals surface area contributed by atoms with Crippen LogP contribution in [-0.2, 0) is 17.8 Å². The second-order valence-corrected chi connectivity index (χ2v) is 8.69. The molecule has 0 aliphatic carbocycles. The van der Waals surface area contributed by atoms with Crippen LogP contribution in [-0.4, -0.2) is 56.4 Å². The molecule has 1 aliphatic heterocycles. The van der Waals surface area contributed by atoms with Crippen molar-refractivity contribution in [1.29, 1.82) is 0 Å². The molecule has 4 N–H and O–H groups in total. The molecule has 1 fully saturated rings. The van der Waals surface area contributed by atoms with Gasteiger partial charge in [-0.2, -0.15) is 36.0 Å². The summed E-state index contributed by atoms with van der Waals surface area (Å²) in [6.45, 7) is -0.788. The number of aliphatic hydroxyl groups is 1. The quantitative estimate of drug-likeness (QED) is 0.417. The van der Waals surface area contributed by atoms with E-state index in [1.807, 2.05) is 0 Å². The molecule has 200 valence electrons. The molecule has 0 radical (unpaired) electrons. The summed E-state index contributed by atoms with van der Waals surface area (Å²) >= 11 is 0. The Morgan fingerprint density at radius 3 is 2.30 bits per heavy atom. The van der Waals surface area contributed by atoms with Crippen LogP contribution in [0, 0.1) is 5.82 Å². The number of nitrogens with zero attached hydrogens (tertiary/aromatic N) is 4. The van der Waals surface area contributed by atoms with Crippen LogP contribution in [0.2, 0.25) is 0 Å². The van der Waals surface area contributed by atoms with E-state index in [0.29, 0.717) is 35.1 Å². The van der Waals surface area contributed by atoms with Crippen molar-refractivity contribution in [3.8, 4) is 0 Å². The maximum Gasteiger partial charge on any atom is 0.435 e. The van der Waals surface area contributed by atoms with Crippen LogP contribution in [0.15, 0.2) is 36.4 Å². The van der Waals surface area contributed by atoms with Crippen LogP contribution in [0.1, 0.15) is 29.8 Å². The molecule has 3 heterocycles. The maximum atomic E-state index is 13.7. The summed E-state index contributed by atoms with van der Waals surface area (Å²) in [6.07, 6.45) is -9.08. The van der Waals surface area contributed by atoms with Crippen molar-refractivity contribution >= 4 is 17.5 Å². The largest absolute Gasteiger partial charge is 0.435 e.